The summed E-state index contributed by atoms with van der Waals surface area (Å²) in [6.07, 6.45) is 2.37. The van der Waals surface area contributed by atoms with Crippen molar-refractivity contribution in [3.05, 3.63) is 39.5 Å². The van der Waals surface area contributed by atoms with Crippen molar-refractivity contribution in [3.63, 3.8) is 0 Å². The molecule has 2 N–H and O–H groups in total. The van der Waals surface area contributed by atoms with Gasteiger partial charge in [0.05, 0.1) is 15.6 Å². The van der Waals surface area contributed by atoms with Gasteiger partial charge in [-0.05, 0) is 43.9 Å². The fourth-order valence-corrected chi connectivity index (χ4v) is 4.39. The molecule has 0 bridgehead atoms. The molecule has 6 nitrogen and oxygen atoms in total. The number of thiazole rings is 1. The first-order valence-corrected chi connectivity index (χ1v) is 9.45. The molecule has 0 amide bonds. The van der Waals surface area contributed by atoms with Crippen LogP contribution in [-0.2, 0) is 9.59 Å². The summed E-state index contributed by atoms with van der Waals surface area (Å²) in [5, 5.41) is 21.3. The quantitative estimate of drug-likeness (QED) is 0.791. The van der Waals surface area contributed by atoms with Crippen molar-refractivity contribution < 1.29 is 19.8 Å². The molecule has 1 aliphatic heterocycles. The number of carboxylic acids is 2. The highest BCUT2D eigenvalue weighted by molar-refractivity contribution is 7.14. The van der Waals surface area contributed by atoms with Crippen LogP contribution in [0.5, 0.6) is 0 Å². The smallest absolute Gasteiger partial charge is 0.328 e. The highest BCUT2D eigenvalue weighted by Crippen LogP contribution is 2.34. The third kappa shape index (κ3) is 5.77. The van der Waals surface area contributed by atoms with Crippen LogP contribution in [0.1, 0.15) is 22.9 Å². The fraction of sp³-hybridized carbons (Fsp3) is 0.353. The maximum atomic E-state index is 9.55. The molecule has 25 heavy (non-hydrogen) atoms. The highest BCUT2D eigenvalue weighted by Gasteiger charge is 2.24. The molecule has 1 unspecified atom stereocenters. The monoisotopic (exact) mass is 380 g/mol. The highest BCUT2D eigenvalue weighted by atomic mass is 32.1. The van der Waals surface area contributed by atoms with Crippen molar-refractivity contribution >= 4 is 34.6 Å². The first-order chi connectivity index (χ1) is 11.9. The van der Waals surface area contributed by atoms with Crippen LogP contribution in [0, 0.1) is 6.92 Å². The van der Waals surface area contributed by atoms with Gasteiger partial charge in [0.1, 0.15) is 0 Å². The molecular weight excluding hydrogens is 360 g/mol. The van der Waals surface area contributed by atoms with Gasteiger partial charge in [0.15, 0.2) is 0 Å². The van der Waals surface area contributed by atoms with Crippen molar-refractivity contribution in [2.75, 3.05) is 20.1 Å². The number of likely N-dealkylation sites (N-methyl/N-ethyl adjacent to an activating group) is 1. The largest absolute Gasteiger partial charge is 0.478 e. The maximum absolute atomic E-state index is 9.55. The minimum Gasteiger partial charge on any atom is -0.478 e. The van der Waals surface area contributed by atoms with Crippen molar-refractivity contribution in [2.24, 2.45) is 0 Å². The summed E-state index contributed by atoms with van der Waals surface area (Å²) >= 11 is 3.62. The fourth-order valence-electron chi connectivity index (χ4n) is 2.49. The number of aromatic nitrogens is 1. The molecule has 8 heteroatoms. The Balaban J connectivity index is 0.000000242. The number of aliphatic carboxylic acids is 2. The van der Waals surface area contributed by atoms with Gasteiger partial charge in [0, 0.05) is 30.0 Å². The number of rotatable bonds is 4. The minimum absolute atomic E-state index is 0.558. The van der Waals surface area contributed by atoms with E-state index in [-0.39, 0.29) is 0 Å². The van der Waals surface area contributed by atoms with Crippen molar-refractivity contribution in [1.29, 1.82) is 0 Å². The molecule has 0 aromatic carbocycles. The molecule has 3 rings (SSSR count). The maximum Gasteiger partial charge on any atom is 0.328 e. The summed E-state index contributed by atoms with van der Waals surface area (Å²) in [7, 11) is 2.19. The van der Waals surface area contributed by atoms with Gasteiger partial charge in [-0.1, -0.05) is 0 Å². The van der Waals surface area contributed by atoms with Crippen LogP contribution in [0.3, 0.4) is 0 Å². The Kier molecular flexibility index (Phi) is 6.86. The zero-order valence-corrected chi connectivity index (χ0v) is 15.6. The third-order valence-corrected chi connectivity index (χ3v) is 5.77. The standard InChI is InChI=1S/C13H16N2S2.C4H4O4/c1-9-4-6-16-12(9)11-8-17-13(14-11)10-3-5-15(2)7-10;5-3(6)1-2-4(7)8/h4,6,8,10H,3,5,7H2,1-2H3;1-2H,(H,5,6)(H,7,8). The van der Waals surface area contributed by atoms with Gasteiger partial charge in [-0.25, -0.2) is 14.6 Å². The predicted molar refractivity (Wildman–Crippen MR) is 99.4 cm³/mol. The summed E-state index contributed by atoms with van der Waals surface area (Å²) in [5.41, 5.74) is 2.52. The lowest BCUT2D eigenvalue weighted by Crippen LogP contribution is -2.13. The Morgan fingerprint density at radius 2 is 1.96 bits per heavy atom. The molecule has 0 aliphatic carbocycles. The molecule has 0 radical (unpaired) electrons. The van der Waals surface area contributed by atoms with Crippen LogP contribution >= 0.6 is 22.7 Å². The summed E-state index contributed by atoms with van der Waals surface area (Å²) in [6.45, 7) is 4.53. The van der Waals surface area contributed by atoms with Crippen LogP contribution in [0.15, 0.2) is 29.0 Å². The first kappa shape index (κ1) is 19.3. The zero-order valence-electron chi connectivity index (χ0n) is 14.0. The van der Waals surface area contributed by atoms with E-state index < -0.39 is 11.9 Å². The van der Waals surface area contributed by atoms with Crippen LogP contribution in [0.2, 0.25) is 0 Å². The normalized spacial score (nSPS) is 17.4. The summed E-state index contributed by atoms with van der Waals surface area (Å²) in [4.78, 5) is 27.7. The van der Waals surface area contributed by atoms with E-state index in [0.717, 1.165) is 6.54 Å². The van der Waals surface area contributed by atoms with Gasteiger partial charge in [0.25, 0.3) is 0 Å². The molecule has 1 atom stereocenters. The Morgan fingerprint density at radius 3 is 2.44 bits per heavy atom. The number of nitrogens with zero attached hydrogens (tertiary/aromatic N) is 2. The minimum atomic E-state index is -1.26. The van der Waals surface area contributed by atoms with Gasteiger partial charge < -0.3 is 15.1 Å². The van der Waals surface area contributed by atoms with Crippen LogP contribution in [-0.4, -0.2) is 52.2 Å². The van der Waals surface area contributed by atoms with Gasteiger partial charge in [0.2, 0.25) is 0 Å². The lowest BCUT2D eigenvalue weighted by Gasteiger charge is -2.06. The van der Waals surface area contributed by atoms with Gasteiger partial charge >= 0.3 is 11.9 Å². The van der Waals surface area contributed by atoms with E-state index in [1.165, 1.54) is 34.1 Å². The topological polar surface area (TPSA) is 90.7 Å². The molecule has 0 saturated carbocycles. The van der Waals surface area contributed by atoms with E-state index in [1.807, 2.05) is 11.3 Å². The van der Waals surface area contributed by atoms with Gasteiger partial charge in [-0.3, -0.25) is 0 Å². The zero-order chi connectivity index (χ0) is 18.4. The van der Waals surface area contributed by atoms with E-state index in [2.05, 4.69) is 35.7 Å². The Labute approximate surface area is 154 Å². The number of hydrogen-bond acceptors (Lipinski definition) is 6. The number of thiophene rings is 1. The van der Waals surface area contributed by atoms with Crippen LogP contribution < -0.4 is 0 Å². The average Bonchev–Trinajstić information content (AvgIpc) is 3.26. The number of aryl methyl sites for hydroxylation is 1. The molecule has 134 valence electrons. The molecule has 1 fully saturated rings. The lowest BCUT2D eigenvalue weighted by atomic mass is 10.1. The summed E-state index contributed by atoms with van der Waals surface area (Å²) in [6, 6.07) is 2.17. The molecule has 0 spiro atoms. The van der Waals surface area contributed by atoms with E-state index >= 15 is 0 Å². The molecule has 1 aliphatic rings. The Hall–Kier alpha value is -2.03. The van der Waals surface area contributed by atoms with Crippen molar-refractivity contribution in [2.45, 2.75) is 19.3 Å². The summed E-state index contributed by atoms with van der Waals surface area (Å²) < 4.78 is 0. The van der Waals surface area contributed by atoms with E-state index in [9.17, 15) is 9.59 Å². The number of carbonyl (C=O) groups is 2. The van der Waals surface area contributed by atoms with E-state index in [4.69, 9.17) is 15.2 Å². The number of carboxylic acid groups (broad SMARTS) is 2. The average molecular weight is 380 g/mol. The van der Waals surface area contributed by atoms with Gasteiger partial charge in [-0.15, -0.1) is 22.7 Å². The molecule has 2 aromatic rings. The van der Waals surface area contributed by atoms with Crippen LogP contribution in [0.25, 0.3) is 10.6 Å². The SMILES string of the molecule is Cc1ccsc1-c1csc(C2CCN(C)C2)n1.O=C(O)C=CC(=O)O. The Morgan fingerprint density at radius 1 is 1.28 bits per heavy atom. The molecule has 1 saturated heterocycles. The second-order valence-corrected chi connectivity index (χ2v) is 7.57. The molecular formula is C17H20N2O4S2. The number of hydrogen-bond donors (Lipinski definition) is 2. The Bertz CT molecular complexity index is 750. The number of likely N-dealkylation sites (tertiary alicyclic amines) is 1. The van der Waals surface area contributed by atoms with E-state index in [1.54, 1.807) is 11.3 Å². The molecule has 2 aromatic heterocycles. The van der Waals surface area contributed by atoms with Crippen LogP contribution in [0.4, 0.5) is 0 Å². The second kappa shape index (κ2) is 8.89. The van der Waals surface area contributed by atoms with Gasteiger partial charge in [-0.2, -0.15) is 0 Å². The summed E-state index contributed by atoms with van der Waals surface area (Å²) in [5.74, 6) is -1.86. The predicted octanol–water partition coefficient (Wildman–Crippen LogP) is 3.31. The second-order valence-electron chi connectivity index (χ2n) is 5.76. The molecule has 3 heterocycles. The van der Waals surface area contributed by atoms with E-state index in [0.29, 0.717) is 18.1 Å². The third-order valence-electron chi connectivity index (χ3n) is 3.73. The first-order valence-electron chi connectivity index (χ1n) is 7.69. The lowest BCUT2D eigenvalue weighted by molar-refractivity contribution is -0.134. The van der Waals surface area contributed by atoms with Crippen molar-refractivity contribution in [1.82, 2.24) is 9.88 Å². The van der Waals surface area contributed by atoms with Crippen molar-refractivity contribution in [3.8, 4) is 10.6 Å².